The van der Waals surface area contributed by atoms with Gasteiger partial charge >= 0.3 is 0 Å². The molecule has 0 aliphatic rings. The Balaban J connectivity index is 1.44. The summed E-state index contributed by atoms with van der Waals surface area (Å²) in [5.41, 5.74) is 8.63. The van der Waals surface area contributed by atoms with Crippen molar-refractivity contribution < 1.29 is 4.79 Å². The summed E-state index contributed by atoms with van der Waals surface area (Å²) in [6.07, 6.45) is 5.17. The Bertz CT molecular complexity index is 1260. The topological polar surface area (TPSA) is 42.9 Å². The molecule has 0 N–H and O–H groups in total. The van der Waals surface area contributed by atoms with Gasteiger partial charge in [-0.1, -0.05) is 75.4 Å². The number of hydrogen-bond donors (Lipinski definition) is 0. The molecule has 0 radical (unpaired) electrons. The third-order valence-corrected chi connectivity index (χ3v) is 6.21. The van der Waals surface area contributed by atoms with E-state index >= 15 is 0 Å². The van der Waals surface area contributed by atoms with Crippen LogP contribution in [0.4, 0.5) is 0 Å². The van der Waals surface area contributed by atoms with Crippen molar-refractivity contribution in [2.45, 2.75) is 46.5 Å². The Morgan fingerprint density at radius 3 is 2.21 bits per heavy atom. The van der Waals surface area contributed by atoms with Crippen molar-refractivity contribution in [3.8, 4) is 22.3 Å². The lowest BCUT2D eigenvalue weighted by Gasteiger charge is -2.13. The van der Waals surface area contributed by atoms with Crippen molar-refractivity contribution in [2.24, 2.45) is 5.92 Å². The number of carbonyl (C=O) groups excluding carboxylic acids is 1. The minimum absolute atomic E-state index is 0.171. The average molecular weight is 449 g/mol. The van der Waals surface area contributed by atoms with E-state index in [-0.39, 0.29) is 11.7 Å². The van der Waals surface area contributed by atoms with Gasteiger partial charge in [-0.05, 0) is 65.3 Å². The van der Waals surface area contributed by atoms with Gasteiger partial charge in [-0.25, -0.2) is 0 Å². The molecule has 3 heteroatoms. The summed E-state index contributed by atoms with van der Waals surface area (Å²) in [7, 11) is 0. The Morgan fingerprint density at radius 1 is 0.794 bits per heavy atom. The number of rotatable bonds is 8. The molecular weight excluding hydrogens is 416 g/mol. The second-order valence-electron chi connectivity index (χ2n) is 9.51. The molecule has 4 aromatic rings. The maximum Gasteiger partial charge on any atom is 0.144 e. The molecule has 0 aliphatic heterocycles. The number of hydrogen-bond acceptors (Lipinski definition) is 3. The van der Waals surface area contributed by atoms with E-state index in [0.29, 0.717) is 12.3 Å². The van der Waals surface area contributed by atoms with Crippen LogP contribution in [0.1, 0.15) is 49.2 Å². The molecule has 2 aromatic heterocycles. The normalized spacial score (nSPS) is 12.0. The fourth-order valence-electron chi connectivity index (χ4n) is 4.20. The van der Waals surface area contributed by atoms with E-state index in [1.165, 1.54) is 0 Å². The smallest absolute Gasteiger partial charge is 0.144 e. The van der Waals surface area contributed by atoms with Crippen LogP contribution >= 0.6 is 0 Å². The van der Waals surface area contributed by atoms with Gasteiger partial charge in [0, 0.05) is 41.7 Å². The third kappa shape index (κ3) is 5.85. The molecule has 4 rings (SSSR count). The molecule has 0 aliphatic carbocycles. The minimum atomic E-state index is -0.171. The highest BCUT2D eigenvalue weighted by atomic mass is 16.1. The van der Waals surface area contributed by atoms with Crippen molar-refractivity contribution in [2.75, 3.05) is 0 Å². The highest BCUT2D eigenvalue weighted by Crippen LogP contribution is 2.26. The summed E-state index contributed by atoms with van der Waals surface area (Å²) in [6.45, 7) is 8.40. The number of Topliss-reactive ketones (excluding diaryl/α,β-unsaturated/α-hetero) is 1. The van der Waals surface area contributed by atoms with Crippen LogP contribution in [0, 0.1) is 12.8 Å². The lowest BCUT2D eigenvalue weighted by molar-refractivity contribution is -0.119. The Morgan fingerprint density at radius 2 is 1.53 bits per heavy atom. The van der Waals surface area contributed by atoms with Gasteiger partial charge in [0.25, 0.3) is 0 Å². The first-order chi connectivity index (χ1) is 16.4. The van der Waals surface area contributed by atoms with Gasteiger partial charge in [0.05, 0.1) is 0 Å². The zero-order valence-corrected chi connectivity index (χ0v) is 20.5. The molecule has 0 saturated heterocycles. The van der Waals surface area contributed by atoms with E-state index < -0.39 is 0 Å². The van der Waals surface area contributed by atoms with Crippen molar-refractivity contribution in [1.29, 1.82) is 0 Å². The predicted octanol–water partition coefficient (Wildman–Crippen LogP) is 7.23. The first kappa shape index (κ1) is 23.6. The predicted molar refractivity (Wildman–Crippen MR) is 140 cm³/mol. The van der Waals surface area contributed by atoms with E-state index in [0.717, 1.165) is 51.2 Å². The highest BCUT2D eigenvalue weighted by Gasteiger charge is 2.16. The third-order valence-electron chi connectivity index (χ3n) is 6.21. The number of nitrogens with zero attached hydrogens (tertiary/aromatic N) is 2. The molecule has 0 saturated carbocycles. The van der Waals surface area contributed by atoms with Crippen LogP contribution in [0.2, 0.25) is 0 Å². The average Bonchev–Trinajstić information content (AvgIpc) is 2.84. The van der Waals surface area contributed by atoms with Crippen molar-refractivity contribution in [3.05, 3.63) is 108 Å². The molecule has 0 amide bonds. The second kappa shape index (κ2) is 10.6. The fraction of sp³-hybridized carbons (Fsp3) is 0.258. The van der Waals surface area contributed by atoms with Crippen LogP contribution in [0.5, 0.6) is 0 Å². The zero-order valence-electron chi connectivity index (χ0n) is 20.5. The Labute approximate surface area is 202 Å². The van der Waals surface area contributed by atoms with Crippen LogP contribution in [0.25, 0.3) is 22.3 Å². The molecular formula is C31H32N2O. The van der Waals surface area contributed by atoms with Gasteiger partial charge in [0.2, 0.25) is 0 Å². The largest absolute Gasteiger partial charge is 0.299 e. The maximum absolute atomic E-state index is 13.1. The zero-order chi connectivity index (χ0) is 24.1. The summed E-state index contributed by atoms with van der Waals surface area (Å²) in [4.78, 5) is 22.0. The number of carbonyl (C=O) groups is 1. The number of aromatic nitrogens is 2. The molecule has 0 spiro atoms. The number of benzene rings is 2. The molecule has 2 heterocycles. The molecule has 34 heavy (non-hydrogen) atoms. The molecule has 1 unspecified atom stereocenters. The van der Waals surface area contributed by atoms with E-state index in [4.69, 9.17) is 0 Å². The molecule has 0 bridgehead atoms. The lowest BCUT2D eigenvalue weighted by Crippen LogP contribution is -2.12. The Hall–Kier alpha value is -3.59. The lowest BCUT2D eigenvalue weighted by atomic mass is 9.90. The summed E-state index contributed by atoms with van der Waals surface area (Å²) in [6, 6.07) is 24.9. The SMILES string of the molecule is Cc1cc(-c2ccc(CC(=O)C(C)c3cccc(-c4ccc(CC(C)C)nc4)c3)cc2)ccn1. The van der Waals surface area contributed by atoms with Gasteiger partial charge < -0.3 is 0 Å². The molecule has 0 fully saturated rings. The van der Waals surface area contributed by atoms with E-state index in [1.54, 1.807) is 0 Å². The molecule has 2 aromatic carbocycles. The van der Waals surface area contributed by atoms with E-state index in [2.05, 4.69) is 78.4 Å². The van der Waals surface area contributed by atoms with Crippen molar-refractivity contribution >= 4 is 5.78 Å². The number of aryl methyl sites for hydroxylation is 1. The molecule has 1 atom stereocenters. The van der Waals surface area contributed by atoms with Gasteiger partial charge in [-0.2, -0.15) is 0 Å². The van der Waals surface area contributed by atoms with Gasteiger partial charge in [-0.3, -0.25) is 14.8 Å². The highest BCUT2D eigenvalue weighted by molar-refractivity contribution is 5.87. The van der Waals surface area contributed by atoms with Gasteiger partial charge in [0.15, 0.2) is 0 Å². The fourth-order valence-corrected chi connectivity index (χ4v) is 4.20. The number of pyridine rings is 2. The van der Waals surface area contributed by atoms with Crippen molar-refractivity contribution in [3.63, 3.8) is 0 Å². The van der Waals surface area contributed by atoms with Crippen LogP contribution in [-0.4, -0.2) is 15.8 Å². The van der Waals surface area contributed by atoms with Crippen LogP contribution in [0.3, 0.4) is 0 Å². The van der Waals surface area contributed by atoms with Crippen LogP contribution < -0.4 is 0 Å². The maximum atomic E-state index is 13.1. The summed E-state index contributed by atoms with van der Waals surface area (Å²) in [5, 5.41) is 0. The van der Waals surface area contributed by atoms with E-state index in [1.807, 2.05) is 44.4 Å². The number of ketones is 1. The first-order valence-electron chi connectivity index (χ1n) is 12.0. The second-order valence-corrected chi connectivity index (χ2v) is 9.51. The minimum Gasteiger partial charge on any atom is -0.299 e. The monoisotopic (exact) mass is 448 g/mol. The summed E-state index contributed by atoms with van der Waals surface area (Å²) in [5.74, 6) is 0.635. The summed E-state index contributed by atoms with van der Waals surface area (Å²) >= 11 is 0. The molecule has 3 nitrogen and oxygen atoms in total. The summed E-state index contributed by atoms with van der Waals surface area (Å²) < 4.78 is 0. The molecule has 172 valence electrons. The standard InChI is InChI=1S/C31H32N2O/c1-21(2)16-30-13-12-29(20-33-30)27-7-5-6-26(19-27)23(4)31(34)18-24-8-10-25(11-9-24)28-14-15-32-22(3)17-28/h5-15,17,19-21,23H,16,18H2,1-4H3. The van der Waals surface area contributed by atoms with Gasteiger partial charge in [0.1, 0.15) is 5.78 Å². The Kier molecular flexibility index (Phi) is 7.32. The van der Waals surface area contributed by atoms with Crippen LogP contribution in [0.15, 0.2) is 85.2 Å². The van der Waals surface area contributed by atoms with E-state index in [9.17, 15) is 4.79 Å². The van der Waals surface area contributed by atoms with Gasteiger partial charge in [-0.15, -0.1) is 0 Å². The van der Waals surface area contributed by atoms with Crippen molar-refractivity contribution in [1.82, 2.24) is 9.97 Å². The van der Waals surface area contributed by atoms with Crippen LogP contribution in [-0.2, 0) is 17.6 Å². The first-order valence-corrected chi connectivity index (χ1v) is 12.0. The quantitative estimate of drug-likeness (QED) is 0.285.